The van der Waals surface area contributed by atoms with Gasteiger partial charge in [-0.1, -0.05) is 82.3 Å². The highest BCUT2D eigenvalue weighted by Crippen LogP contribution is 2.47. The molecule has 5 atom stereocenters. The smallest absolute Gasteiger partial charge is 0.433 e. The van der Waals surface area contributed by atoms with Gasteiger partial charge < -0.3 is 60.0 Å². The molecule has 0 aliphatic heterocycles. The molecule has 0 unspecified atom stereocenters. The number of hydrogen-bond acceptors (Lipinski definition) is 19. The molecule has 0 aliphatic carbocycles. The summed E-state index contributed by atoms with van der Waals surface area (Å²) in [7, 11) is 6.51. The van der Waals surface area contributed by atoms with Crippen molar-refractivity contribution in [3.05, 3.63) is 268 Å². The third-order valence-corrected chi connectivity index (χ3v) is 23.4. The van der Waals surface area contributed by atoms with Gasteiger partial charge >= 0.3 is 55.0 Å². The predicted molar refractivity (Wildman–Crippen MR) is 486 cm³/mol. The molecular formula is C98H88F24N12O12. The molecule has 780 valence electrons. The van der Waals surface area contributed by atoms with E-state index < -0.39 is 252 Å². The zero-order valence-electron chi connectivity index (χ0n) is 78.8. The third kappa shape index (κ3) is 25.6. The fraction of sp³-hybridized carbons (Fsp3) is 0.327. The van der Waals surface area contributed by atoms with Crippen LogP contribution >= 0.6 is 0 Å². The zero-order valence-corrected chi connectivity index (χ0v) is 78.8. The number of anilines is 3. The molecule has 12 rings (SSSR count). The number of halogens is 24. The van der Waals surface area contributed by atoms with Crippen LogP contribution in [-0.4, -0.2) is 142 Å². The lowest BCUT2D eigenvalue weighted by molar-refractivity contribution is -0.143. The lowest BCUT2D eigenvalue weighted by Gasteiger charge is -2.22. The Labute approximate surface area is 813 Å². The number of fused-ring (bicyclic) bond motifs is 3. The molecule has 0 bridgehead atoms. The number of rotatable bonds is 29. The van der Waals surface area contributed by atoms with Gasteiger partial charge in [-0.15, -0.1) is 0 Å². The molecule has 146 heavy (non-hydrogen) atoms. The first-order chi connectivity index (χ1) is 68.2. The second kappa shape index (κ2) is 45.5. The highest BCUT2D eigenvalue weighted by molar-refractivity contribution is 6.03. The van der Waals surface area contributed by atoms with Crippen LogP contribution in [0, 0.1) is 55.7 Å². The van der Waals surface area contributed by atoms with E-state index in [-0.39, 0.29) is 91.1 Å². The molecule has 6 N–H and O–H groups in total. The van der Waals surface area contributed by atoms with Gasteiger partial charge in [0, 0.05) is 125 Å². The van der Waals surface area contributed by atoms with E-state index in [9.17, 15) is 135 Å². The van der Waals surface area contributed by atoms with Crippen LogP contribution in [0.15, 0.2) is 149 Å². The maximum atomic E-state index is 15.0. The summed E-state index contributed by atoms with van der Waals surface area (Å²) in [5.74, 6) is -16.4. The molecule has 24 nitrogen and oxygen atoms in total. The summed E-state index contributed by atoms with van der Waals surface area (Å²) in [6, 6.07) is 11.9. The van der Waals surface area contributed by atoms with E-state index >= 15 is 8.78 Å². The lowest BCUT2D eigenvalue weighted by atomic mass is 9.92. The number of carbonyl (C=O) groups excluding carboxylic acids is 6. The molecule has 0 saturated carbocycles. The molecule has 3 amide bonds. The van der Waals surface area contributed by atoms with Gasteiger partial charge in [0.05, 0.1) is 72.9 Å². The van der Waals surface area contributed by atoms with Crippen molar-refractivity contribution in [1.82, 2.24) is 45.0 Å². The lowest BCUT2D eigenvalue weighted by Crippen LogP contribution is -2.43. The summed E-state index contributed by atoms with van der Waals surface area (Å²) in [5.41, 5.74) is -14.6. The van der Waals surface area contributed by atoms with Crippen LogP contribution in [0.2, 0.25) is 0 Å². The number of hydrogen-bond donors (Lipinski definition) is 6. The number of methoxy groups -OCH3 is 4. The number of pyridine rings is 6. The monoisotopic (exact) mass is 2080 g/mol. The number of aryl methyl sites for hydroxylation is 3. The van der Waals surface area contributed by atoms with Gasteiger partial charge in [0.2, 0.25) is 0 Å². The standard InChI is InChI=1S/C33H27F11N4O4.C33H33F5N4O4.C32H28F8N4O4/c1-5-23(32(39,40)41)45-16-12-20(34)26(21(35)13-16)28(49)46-22(30(51)52-4)11-15-6-7-18(27-17(15)8-9-24(47-27)33(42,43)44)25-19(31(36,37)38)10-14(2)48(3)29(25)50;1-6-19(7-2)40-20-15-24(34)28(25(35)16-20)30(43)41-26(32(45)46-5)14-18-10-11-22(29-21(18)9-8-12-39-29)27-23(33(36,37)38)13-17(3)42(4)31(27)44;1-5-24(31(35,36)37)43-17-13-20(33)25(21(34)14-17)29(45)44-22(30(46)48-4)12-16-8-9-19(27-18(16)7-6-10-41-27)28-26(32(38,39)40)23(47-3)11-15(2)42-28/h6-10,12-13,22-23,45H,5,11H2,1-4H3,(H,46,49);8-13,15-16,19,26,40H,6-7,14H2,1-5H3,(H,41,43);6-11,13-14,22,24,43H,5,12H2,1-4H3,(H,44,45)/t22-,23+;26-;22-,24+/m000/s1. The van der Waals surface area contributed by atoms with Gasteiger partial charge in [-0.05, 0) is 130 Å². The van der Waals surface area contributed by atoms with Gasteiger partial charge in [-0.3, -0.25) is 38.9 Å². The molecule has 48 heteroatoms. The highest BCUT2D eigenvalue weighted by Gasteiger charge is 2.45. The number of ether oxygens (including phenoxy) is 4. The summed E-state index contributed by atoms with van der Waals surface area (Å²) in [6.45, 7) is 10.3. The van der Waals surface area contributed by atoms with Crippen molar-refractivity contribution >= 4 is 85.4 Å². The molecular weight excluding hydrogens is 1990 g/mol. The van der Waals surface area contributed by atoms with Crippen molar-refractivity contribution in [1.29, 1.82) is 0 Å². The first-order valence-electron chi connectivity index (χ1n) is 43.7. The Morgan fingerprint density at radius 1 is 0.390 bits per heavy atom. The summed E-state index contributed by atoms with van der Waals surface area (Å²) in [5, 5.41) is 13.7. The van der Waals surface area contributed by atoms with E-state index in [2.05, 4.69) is 40.6 Å². The van der Waals surface area contributed by atoms with E-state index in [0.717, 1.165) is 94.0 Å². The fourth-order valence-corrected chi connectivity index (χ4v) is 15.8. The van der Waals surface area contributed by atoms with Gasteiger partial charge in [-0.2, -0.15) is 79.0 Å². The van der Waals surface area contributed by atoms with E-state index in [1.54, 1.807) is 0 Å². The second-order valence-corrected chi connectivity index (χ2v) is 32.9. The minimum absolute atomic E-state index is 0.0176. The minimum atomic E-state index is -5.14. The first kappa shape index (κ1) is 113. The average molecular weight is 2080 g/mol. The second-order valence-electron chi connectivity index (χ2n) is 32.9. The number of benzene rings is 6. The number of nitrogens with zero attached hydrogens (tertiary/aromatic N) is 6. The number of amides is 3. The van der Waals surface area contributed by atoms with Crippen LogP contribution in [0.5, 0.6) is 5.75 Å². The number of nitrogens with one attached hydrogen (secondary N) is 6. The highest BCUT2D eigenvalue weighted by atomic mass is 19.4. The van der Waals surface area contributed by atoms with Gasteiger partial charge in [0.25, 0.3) is 28.8 Å². The predicted octanol–water partition coefficient (Wildman–Crippen LogP) is 21.0. The third-order valence-electron chi connectivity index (χ3n) is 23.4. The summed E-state index contributed by atoms with van der Waals surface area (Å²) in [6.07, 6.45) is -27.7. The van der Waals surface area contributed by atoms with Gasteiger partial charge in [0.15, 0.2) is 0 Å². The number of aromatic nitrogens is 6. The molecule has 0 radical (unpaired) electrons. The quantitative estimate of drug-likeness (QED) is 0.0144. The first-order valence-corrected chi connectivity index (χ1v) is 43.7. The Kier molecular flexibility index (Phi) is 35.2. The van der Waals surface area contributed by atoms with E-state index in [1.165, 1.54) is 95.7 Å². The van der Waals surface area contributed by atoms with Crippen molar-refractivity contribution < 1.29 is 153 Å². The molecule has 0 saturated heterocycles. The molecule has 0 fully saturated rings. The molecule has 6 aromatic heterocycles. The zero-order chi connectivity index (χ0) is 109. The maximum absolute atomic E-state index is 15.0. The number of alkyl halides is 18. The van der Waals surface area contributed by atoms with E-state index in [4.69, 9.17) is 14.2 Å². The molecule has 0 aliphatic rings. The number of esters is 3. The normalized spacial score (nSPS) is 13.0. The number of carbonyl (C=O) groups is 6. The maximum Gasteiger partial charge on any atom is 0.433 e. The van der Waals surface area contributed by atoms with Crippen LogP contribution < -0.4 is 47.8 Å². The topological polar surface area (TPSA) is 307 Å². The Morgan fingerprint density at radius 2 is 0.726 bits per heavy atom. The largest absolute Gasteiger partial charge is 0.496 e. The van der Waals surface area contributed by atoms with Gasteiger partial charge in [-0.25, -0.2) is 45.7 Å². The van der Waals surface area contributed by atoms with Crippen molar-refractivity contribution in [3.8, 4) is 39.3 Å². The molecule has 6 heterocycles. The van der Waals surface area contributed by atoms with Crippen molar-refractivity contribution in [2.45, 2.75) is 167 Å². The van der Waals surface area contributed by atoms with E-state index in [0.29, 0.717) is 54.8 Å². The Morgan fingerprint density at radius 3 is 1.04 bits per heavy atom. The fourth-order valence-electron chi connectivity index (χ4n) is 15.8. The average Bonchev–Trinajstić information content (AvgIpc) is 0.749. The SMILES string of the molecule is CCC(CC)Nc1cc(F)c(C(=O)N[C@@H](Cc2ccc(-c3c(C(F)(F)F)cc(C)n(C)c3=O)c3ncccc23)C(=O)OC)c(F)c1.CC[C@@H](Nc1cc(F)c(C(=O)N[C@@H](Cc2ccc(-c3c(C(F)(F)F)cc(C)n(C)c3=O)c3nc(C(F)(F)F)ccc23)C(=O)OC)c(F)c1)C(F)(F)F.CC[C@@H](Nc1cc(F)c(C(=O)N[C@@H](Cc2ccc(-c3nc(C)cc(OC)c3C(F)(F)F)c3ncccc23)C(=O)OC)c(F)c1)C(F)(F)F. The minimum Gasteiger partial charge on any atom is -0.496 e. The van der Waals surface area contributed by atoms with Gasteiger partial charge in [0.1, 0.15) is 98.8 Å². The Hall–Kier alpha value is -15.1. The molecule has 6 aromatic carbocycles. The van der Waals surface area contributed by atoms with Crippen molar-refractivity contribution in [2.75, 3.05) is 44.4 Å². The van der Waals surface area contributed by atoms with Crippen LogP contribution in [-0.2, 0) is 86.7 Å². The van der Waals surface area contributed by atoms with Crippen molar-refractivity contribution in [3.63, 3.8) is 0 Å². The summed E-state index contributed by atoms with van der Waals surface area (Å²) < 4.78 is 359. The van der Waals surface area contributed by atoms with Crippen molar-refractivity contribution in [2.24, 2.45) is 14.1 Å². The molecule has 0 spiro atoms. The molecule has 12 aromatic rings. The van der Waals surface area contributed by atoms with Crippen LogP contribution in [0.3, 0.4) is 0 Å². The van der Waals surface area contributed by atoms with E-state index in [1.807, 2.05) is 29.8 Å². The Bertz CT molecular complexity index is 7030. The summed E-state index contributed by atoms with van der Waals surface area (Å²) in [4.78, 5) is 120. The van der Waals surface area contributed by atoms with Crippen LogP contribution in [0.4, 0.5) is 122 Å². The summed E-state index contributed by atoms with van der Waals surface area (Å²) >= 11 is 0. The Balaban J connectivity index is 0.000000225. The van der Waals surface area contributed by atoms with Crippen LogP contribution in [0.1, 0.15) is 141 Å². The van der Waals surface area contributed by atoms with Crippen LogP contribution in [0.25, 0.3) is 66.2 Å².